The molecule has 2 nitrogen and oxygen atoms in total. The molecule has 0 amide bonds. The van der Waals surface area contributed by atoms with E-state index in [4.69, 9.17) is 5.11 Å². The molecule has 1 rings (SSSR count). The number of hydrogen-bond donors (Lipinski definition) is 2. The number of carbonyl (C=O) groups is 1. The van der Waals surface area contributed by atoms with Crippen LogP contribution >= 0.6 is 12.6 Å². The van der Waals surface area contributed by atoms with Crippen LogP contribution < -0.4 is 0 Å². The molecule has 3 heteroatoms. The maximum absolute atomic E-state index is 10.4. The van der Waals surface area contributed by atoms with Crippen LogP contribution in [0.3, 0.4) is 0 Å². The minimum absolute atomic E-state index is 0.694. The second-order valence-corrected chi connectivity index (χ2v) is 3.40. The van der Waals surface area contributed by atoms with Crippen LogP contribution in [0.2, 0.25) is 0 Å². The molecule has 1 aliphatic carbocycles. The molecule has 0 spiro atoms. The predicted octanol–water partition coefficient (Wildman–Crippen LogP) is 1.31. The molecule has 0 atom stereocenters. The summed E-state index contributed by atoms with van der Waals surface area (Å²) in [7, 11) is 0. The van der Waals surface area contributed by atoms with E-state index in [1.807, 2.05) is 0 Å². The molecule has 52 valence electrons. The van der Waals surface area contributed by atoms with Crippen LogP contribution in [0.5, 0.6) is 0 Å². The van der Waals surface area contributed by atoms with Crippen LogP contribution in [0.15, 0.2) is 0 Å². The molecule has 0 aliphatic heterocycles. The molecular formula is C6H10O2S. The smallest absolute Gasteiger partial charge is 0.319 e. The highest BCUT2D eigenvalue weighted by Gasteiger charge is 2.37. The van der Waals surface area contributed by atoms with Gasteiger partial charge in [-0.25, -0.2) is 0 Å². The normalized spacial score (nSPS) is 24.1. The second-order valence-electron chi connectivity index (χ2n) is 2.54. The Balaban J connectivity index is 2.61. The topological polar surface area (TPSA) is 37.3 Å². The van der Waals surface area contributed by atoms with Crippen LogP contribution in [0.1, 0.15) is 25.7 Å². The van der Waals surface area contributed by atoms with Gasteiger partial charge in [0.25, 0.3) is 0 Å². The Morgan fingerprint density at radius 2 is 1.89 bits per heavy atom. The van der Waals surface area contributed by atoms with Gasteiger partial charge in [-0.15, -0.1) is 0 Å². The zero-order chi connectivity index (χ0) is 6.91. The van der Waals surface area contributed by atoms with E-state index in [0.29, 0.717) is 0 Å². The van der Waals surface area contributed by atoms with Gasteiger partial charge in [0.1, 0.15) is 4.75 Å². The van der Waals surface area contributed by atoms with Gasteiger partial charge in [0, 0.05) is 0 Å². The summed E-state index contributed by atoms with van der Waals surface area (Å²) in [6.07, 6.45) is 3.47. The maximum Gasteiger partial charge on any atom is 0.319 e. The molecule has 0 unspecified atom stereocenters. The van der Waals surface area contributed by atoms with Crippen LogP contribution in [0.4, 0.5) is 0 Å². The number of thiol groups is 1. The largest absolute Gasteiger partial charge is 0.480 e. The van der Waals surface area contributed by atoms with Crippen molar-refractivity contribution in [1.82, 2.24) is 0 Å². The first-order chi connectivity index (χ1) is 4.15. The van der Waals surface area contributed by atoms with Gasteiger partial charge in [-0.05, 0) is 12.8 Å². The molecule has 1 N–H and O–H groups in total. The van der Waals surface area contributed by atoms with Gasteiger partial charge in [0.05, 0.1) is 0 Å². The van der Waals surface area contributed by atoms with Crippen molar-refractivity contribution in [3.63, 3.8) is 0 Å². The van der Waals surface area contributed by atoms with E-state index in [1.54, 1.807) is 0 Å². The third-order valence-electron chi connectivity index (χ3n) is 1.83. The van der Waals surface area contributed by atoms with Gasteiger partial charge in [0.2, 0.25) is 0 Å². The van der Waals surface area contributed by atoms with Crippen molar-refractivity contribution in [3.8, 4) is 0 Å². The van der Waals surface area contributed by atoms with Gasteiger partial charge < -0.3 is 5.11 Å². The highest BCUT2D eigenvalue weighted by Crippen LogP contribution is 2.35. The molecular weight excluding hydrogens is 136 g/mol. The molecule has 0 aromatic carbocycles. The summed E-state index contributed by atoms with van der Waals surface area (Å²) >= 11 is 4.08. The van der Waals surface area contributed by atoms with Crippen molar-refractivity contribution in [2.24, 2.45) is 0 Å². The quantitative estimate of drug-likeness (QED) is 0.547. The standard InChI is InChI=1S/C6H10O2S/c7-5(8)6(9)3-1-2-4-6/h9H,1-4H2,(H,7,8). The van der Waals surface area contributed by atoms with Crippen LogP contribution in [-0.2, 0) is 4.79 Å². The van der Waals surface area contributed by atoms with Gasteiger partial charge in [-0.1, -0.05) is 12.8 Å². The van der Waals surface area contributed by atoms with Crippen molar-refractivity contribution < 1.29 is 9.90 Å². The van der Waals surface area contributed by atoms with E-state index in [2.05, 4.69) is 12.6 Å². The summed E-state index contributed by atoms with van der Waals surface area (Å²) in [5, 5.41) is 8.60. The maximum atomic E-state index is 10.4. The van der Waals surface area contributed by atoms with E-state index in [0.717, 1.165) is 25.7 Å². The van der Waals surface area contributed by atoms with E-state index >= 15 is 0 Å². The average molecular weight is 146 g/mol. The third-order valence-corrected chi connectivity index (χ3v) is 2.47. The highest BCUT2D eigenvalue weighted by molar-refractivity contribution is 7.82. The zero-order valence-corrected chi connectivity index (χ0v) is 6.03. The fourth-order valence-corrected chi connectivity index (χ4v) is 1.49. The SMILES string of the molecule is O=C(O)C1(S)CCCC1. The fraction of sp³-hybridized carbons (Fsp3) is 0.833. The first-order valence-electron chi connectivity index (χ1n) is 3.11. The monoisotopic (exact) mass is 146 g/mol. The second kappa shape index (κ2) is 2.21. The Labute approximate surface area is 59.7 Å². The summed E-state index contributed by atoms with van der Waals surface area (Å²) in [6, 6.07) is 0. The number of carboxylic acids is 1. The number of rotatable bonds is 1. The lowest BCUT2D eigenvalue weighted by Gasteiger charge is -2.14. The molecule has 0 heterocycles. The lowest BCUT2D eigenvalue weighted by molar-refractivity contribution is -0.139. The Morgan fingerprint density at radius 3 is 2.11 bits per heavy atom. The lowest BCUT2D eigenvalue weighted by atomic mass is 10.1. The first kappa shape index (κ1) is 6.93. The van der Waals surface area contributed by atoms with Crippen LogP contribution in [-0.4, -0.2) is 15.8 Å². The molecule has 1 saturated carbocycles. The fourth-order valence-electron chi connectivity index (χ4n) is 1.17. The van der Waals surface area contributed by atoms with Crippen molar-refractivity contribution >= 4 is 18.6 Å². The summed E-state index contributed by atoms with van der Waals surface area (Å²) in [4.78, 5) is 10.4. The molecule has 1 aliphatic rings. The molecule has 0 aromatic rings. The van der Waals surface area contributed by atoms with Gasteiger partial charge in [0.15, 0.2) is 0 Å². The average Bonchev–Trinajstić information content (AvgIpc) is 2.16. The highest BCUT2D eigenvalue weighted by atomic mass is 32.1. The van der Waals surface area contributed by atoms with Gasteiger partial charge in [-0.3, -0.25) is 4.79 Å². The van der Waals surface area contributed by atoms with Crippen molar-refractivity contribution in [2.75, 3.05) is 0 Å². The van der Waals surface area contributed by atoms with Crippen molar-refractivity contribution in [1.29, 1.82) is 0 Å². The number of hydrogen-bond acceptors (Lipinski definition) is 2. The van der Waals surface area contributed by atoms with Crippen molar-refractivity contribution in [2.45, 2.75) is 30.4 Å². The predicted molar refractivity (Wildman–Crippen MR) is 37.8 cm³/mol. The number of carboxylic acid groups (broad SMARTS) is 1. The van der Waals surface area contributed by atoms with Gasteiger partial charge in [-0.2, -0.15) is 12.6 Å². The van der Waals surface area contributed by atoms with E-state index in [-0.39, 0.29) is 0 Å². The number of aliphatic carboxylic acids is 1. The van der Waals surface area contributed by atoms with Crippen LogP contribution in [0, 0.1) is 0 Å². The third kappa shape index (κ3) is 1.21. The minimum atomic E-state index is -0.761. The van der Waals surface area contributed by atoms with E-state index < -0.39 is 10.7 Å². The van der Waals surface area contributed by atoms with Gasteiger partial charge >= 0.3 is 5.97 Å². The summed E-state index contributed by atoms with van der Waals surface area (Å²) in [5.41, 5.74) is 0. The zero-order valence-electron chi connectivity index (χ0n) is 5.13. The Hall–Kier alpha value is -0.180. The van der Waals surface area contributed by atoms with E-state index in [1.165, 1.54) is 0 Å². The molecule has 0 saturated heterocycles. The molecule has 0 bridgehead atoms. The summed E-state index contributed by atoms with van der Waals surface area (Å²) < 4.78 is -0.694. The minimum Gasteiger partial charge on any atom is -0.480 e. The molecule has 9 heavy (non-hydrogen) atoms. The molecule has 1 fully saturated rings. The Kier molecular flexibility index (Phi) is 1.70. The lowest BCUT2D eigenvalue weighted by Crippen LogP contribution is -2.28. The summed E-state index contributed by atoms with van der Waals surface area (Å²) in [5.74, 6) is -0.761. The Bertz CT molecular complexity index is 127. The summed E-state index contributed by atoms with van der Waals surface area (Å²) in [6.45, 7) is 0. The van der Waals surface area contributed by atoms with Crippen LogP contribution in [0.25, 0.3) is 0 Å². The van der Waals surface area contributed by atoms with Crippen molar-refractivity contribution in [3.05, 3.63) is 0 Å². The molecule has 0 radical (unpaired) electrons. The molecule has 0 aromatic heterocycles. The Morgan fingerprint density at radius 1 is 1.44 bits per heavy atom. The first-order valence-corrected chi connectivity index (χ1v) is 3.56. The van der Waals surface area contributed by atoms with E-state index in [9.17, 15) is 4.79 Å².